The van der Waals surface area contributed by atoms with Crippen molar-refractivity contribution in [3.05, 3.63) is 66.9 Å². The predicted molar refractivity (Wildman–Crippen MR) is 107 cm³/mol. The van der Waals surface area contributed by atoms with Crippen LogP contribution in [0, 0.1) is 5.82 Å². The minimum atomic E-state index is -0.255. The molecule has 5 rings (SSSR count). The van der Waals surface area contributed by atoms with Crippen LogP contribution < -0.4 is 5.32 Å². The summed E-state index contributed by atoms with van der Waals surface area (Å²) in [5.41, 5.74) is 4.61. The van der Waals surface area contributed by atoms with Gasteiger partial charge in [0.25, 0.3) is 0 Å². The largest absolute Gasteiger partial charge is 0.317 e. The van der Waals surface area contributed by atoms with Crippen LogP contribution in [0.5, 0.6) is 0 Å². The second kappa shape index (κ2) is 7.13. The Balaban J connectivity index is 1.71. The number of piperidine rings is 1. The summed E-state index contributed by atoms with van der Waals surface area (Å²) in [6, 6.07) is 12.9. The van der Waals surface area contributed by atoms with Crippen molar-refractivity contribution in [2.45, 2.75) is 18.9 Å². The van der Waals surface area contributed by atoms with E-state index >= 15 is 0 Å². The fourth-order valence-electron chi connectivity index (χ4n) is 3.87. The van der Waals surface area contributed by atoms with Gasteiger partial charge in [-0.05, 0) is 74.0 Å². The number of hydrogen-bond donors (Lipinski definition) is 1. The van der Waals surface area contributed by atoms with Crippen LogP contribution in [0.15, 0.2) is 61.1 Å². The average molecular weight is 373 g/mol. The van der Waals surface area contributed by atoms with Crippen LogP contribution in [-0.4, -0.2) is 32.8 Å². The van der Waals surface area contributed by atoms with Crippen LogP contribution in [0.3, 0.4) is 0 Å². The van der Waals surface area contributed by atoms with Gasteiger partial charge in [-0.15, -0.1) is 0 Å². The Morgan fingerprint density at radius 1 is 0.964 bits per heavy atom. The van der Waals surface area contributed by atoms with Gasteiger partial charge in [0.05, 0.1) is 17.9 Å². The normalized spacial score (nSPS) is 15.2. The van der Waals surface area contributed by atoms with Gasteiger partial charge >= 0.3 is 0 Å². The molecule has 0 aliphatic carbocycles. The van der Waals surface area contributed by atoms with E-state index in [-0.39, 0.29) is 5.82 Å². The summed E-state index contributed by atoms with van der Waals surface area (Å²) in [7, 11) is 0. The summed E-state index contributed by atoms with van der Waals surface area (Å²) in [5.74, 6) is -0.255. The monoisotopic (exact) mass is 373 g/mol. The number of fused-ring (bicyclic) bond motifs is 1. The standard InChI is InChI=1S/C22H20FN5/c23-18-3-1-16(2-4-18)21-20(15-5-9-24-10-6-15)13-17-14-26-28(22(17)27-21)19-7-11-25-12-8-19/h1-6,9-10,13-14,19,25H,7-8,11-12H2. The van der Waals surface area contributed by atoms with Crippen molar-refractivity contribution in [3.63, 3.8) is 0 Å². The van der Waals surface area contributed by atoms with Crippen LogP contribution in [0.4, 0.5) is 4.39 Å². The molecular formula is C22H20FN5. The van der Waals surface area contributed by atoms with Gasteiger partial charge in [-0.2, -0.15) is 5.10 Å². The molecule has 3 aromatic heterocycles. The van der Waals surface area contributed by atoms with Gasteiger partial charge < -0.3 is 5.32 Å². The van der Waals surface area contributed by atoms with E-state index in [1.54, 1.807) is 24.5 Å². The van der Waals surface area contributed by atoms with E-state index < -0.39 is 0 Å². The van der Waals surface area contributed by atoms with Crippen molar-refractivity contribution in [2.24, 2.45) is 0 Å². The van der Waals surface area contributed by atoms with E-state index in [4.69, 9.17) is 4.98 Å². The maximum atomic E-state index is 13.5. The third-order valence-electron chi connectivity index (χ3n) is 5.33. The number of nitrogens with one attached hydrogen (secondary N) is 1. The lowest BCUT2D eigenvalue weighted by Crippen LogP contribution is -2.29. The minimum Gasteiger partial charge on any atom is -0.317 e. The topological polar surface area (TPSA) is 55.6 Å². The molecule has 1 aromatic carbocycles. The first-order valence-corrected chi connectivity index (χ1v) is 9.55. The summed E-state index contributed by atoms with van der Waals surface area (Å²) in [4.78, 5) is 9.14. The van der Waals surface area contributed by atoms with Gasteiger partial charge in [0.1, 0.15) is 5.82 Å². The van der Waals surface area contributed by atoms with Gasteiger partial charge in [0.2, 0.25) is 0 Å². The number of halogens is 1. The molecule has 4 aromatic rings. The van der Waals surface area contributed by atoms with E-state index in [0.29, 0.717) is 6.04 Å². The molecule has 0 bridgehead atoms. The van der Waals surface area contributed by atoms with Crippen molar-refractivity contribution in [1.29, 1.82) is 0 Å². The molecular weight excluding hydrogens is 353 g/mol. The molecule has 0 saturated carbocycles. The van der Waals surface area contributed by atoms with Gasteiger partial charge in [-0.3, -0.25) is 4.98 Å². The van der Waals surface area contributed by atoms with Gasteiger partial charge in [0, 0.05) is 28.9 Å². The second-order valence-corrected chi connectivity index (χ2v) is 7.11. The summed E-state index contributed by atoms with van der Waals surface area (Å²) in [5, 5.41) is 9.06. The molecule has 6 heteroatoms. The van der Waals surface area contributed by atoms with E-state index in [9.17, 15) is 4.39 Å². The minimum absolute atomic E-state index is 0.255. The van der Waals surface area contributed by atoms with E-state index in [1.807, 2.05) is 18.3 Å². The number of aromatic nitrogens is 4. The number of benzene rings is 1. The zero-order valence-electron chi connectivity index (χ0n) is 15.3. The first kappa shape index (κ1) is 17.0. The fourth-order valence-corrected chi connectivity index (χ4v) is 3.87. The molecule has 28 heavy (non-hydrogen) atoms. The zero-order valence-corrected chi connectivity index (χ0v) is 15.3. The maximum absolute atomic E-state index is 13.5. The Kier molecular flexibility index (Phi) is 4.33. The number of nitrogens with zero attached hydrogens (tertiary/aromatic N) is 4. The Bertz CT molecular complexity index is 1100. The third kappa shape index (κ3) is 3.05. The first-order valence-electron chi connectivity index (χ1n) is 9.55. The molecule has 140 valence electrons. The first-order chi connectivity index (χ1) is 13.8. The number of hydrogen-bond acceptors (Lipinski definition) is 4. The van der Waals surface area contributed by atoms with Crippen molar-refractivity contribution < 1.29 is 4.39 Å². The summed E-state index contributed by atoms with van der Waals surface area (Å²) in [6.07, 6.45) is 7.51. The van der Waals surface area contributed by atoms with Crippen LogP contribution in [0.25, 0.3) is 33.4 Å². The second-order valence-electron chi connectivity index (χ2n) is 7.11. The van der Waals surface area contributed by atoms with Gasteiger partial charge in [0.15, 0.2) is 5.65 Å². The average Bonchev–Trinajstić information content (AvgIpc) is 3.18. The number of pyridine rings is 2. The van der Waals surface area contributed by atoms with E-state index in [1.165, 1.54) is 12.1 Å². The van der Waals surface area contributed by atoms with Crippen molar-refractivity contribution in [2.75, 3.05) is 13.1 Å². The molecule has 1 N–H and O–H groups in total. The predicted octanol–water partition coefficient (Wildman–Crippen LogP) is 4.22. The molecule has 4 heterocycles. The van der Waals surface area contributed by atoms with Crippen molar-refractivity contribution >= 4 is 11.0 Å². The summed E-state index contributed by atoms with van der Waals surface area (Å²) in [6.45, 7) is 1.98. The van der Waals surface area contributed by atoms with Crippen LogP contribution in [-0.2, 0) is 0 Å². The molecule has 5 nitrogen and oxygen atoms in total. The molecule has 1 fully saturated rings. The van der Waals surface area contributed by atoms with Crippen molar-refractivity contribution in [1.82, 2.24) is 25.1 Å². The Morgan fingerprint density at radius 3 is 2.46 bits per heavy atom. The molecule has 0 spiro atoms. The molecule has 1 aliphatic heterocycles. The van der Waals surface area contributed by atoms with Crippen LogP contribution in [0.2, 0.25) is 0 Å². The molecule has 0 atom stereocenters. The zero-order chi connectivity index (χ0) is 18.9. The lowest BCUT2D eigenvalue weighted by molar-refractivity contribution is 0.350. The molecule has 0 unspecified atom stereocenters. The quantitative estimate of drug-likeness (QED) is 0.584. The Labute approximate surface area is 162 Å². The smallest absolute Gasteiger partial charge is 0.158 e. The Morgan fingerprint density at radius 2 is 1.71 bits per heavy atom. The molecule has 0 radical (unpaired) electrons. The van der Waals surface area contributed by atoms with Gasteiger partial charge in [-0.1, -0.05) is 0 Å². The molecule has 1 saturated heterocycles. The van der Waals surface area contributed by atoms with Crippen LogP contribution in [0.1, 0.15) is 18.9 Å². The van der Waals surface area contributed by atoms with E-state index in [0.717, 1.165) is 59.3 Å². The fraction of sp³-hybridized carbons (Fsp3) is 0.227. The van der Waals surface area contributed by atoms with Crippen LogP contribution >= 0.6 is 0 Å². The molecule has 1 aliphatic rings. The summed E-state index contributed by atoms with van der Waals surface area (Å²) >= 11 is 0. The highest BCUT2D eigenvalue weighted by atomic mass is 19.1. The highest BCUT2D eigenvalue weighted by molar-refractivity contribution is 5.90. The molecule has 0 amide bonds. The van der Waals surface area contributed by atoms with Gasteiger partial charge in [-0.25, -0.2) is 14.1 Å². The summed E-state index contributed by atoms with van der Waals surface area (Å²) < 4.78 is 15.5. The number of rotatable bonds is 3. The van der Waals surface area contributed by atoms with Crippen molar-refractivity contribution in [3.8, 4) is 22.4 Å². The highest BCUT2D eigenvalue weighted by Gasteiger charge is 2.20. The maximum Gasteiger partial charge on any atom is 0.158 e. The highest BCUT2D eigenvalue weighted by Crippen LogP contribution is 2.34. The Hall–Kier alpha value is -3.12. The third-order valence-corrected chi connectivity index (χ3v) is 5.33. The lowest BCUT2D eigenvalue weighted by Gasteiger charge is -2.23. The van der Waals surface area contributed by atoms with E-state index in [2.05, 4.69) is 26.1 Å². The SMILES string of the molecule is Fc1ccc(-c2nc3c(cnn3C3CCNCC3)cc2-c2ccncc2)cc1. The lowest BCUT2D eigenvalue weighted by atomic mass is 9.99.